The summed E-state index contributed by atoms with van der Waals surface area (Å²) in [7, 11) is 0. The fourth-order valence-electron chi connectivity index (χ4n) is 1.85. The number of Topliss-reactive ketones (excluding diaryl/α,β-unsaturated/α-hetero) is 1. The number of rotatable bonds is 2. The summed E-state index contributed by atoms with van der Waals surface area (Å²) < 4.78 is 36.7. The molecule has 0 atom stereocenters. The van der Waals surface area contributed by atoms with E-state index in [1.807, 2.05) is 6.92 Å². The molecule has 88 valence electrons. The van der Waals surface area contributed by atoms with Crippen LogP contribution >= 0.6 is 0 Å². The molecule has 0 amide bonds. The number of hydrogen-bond donors (Lipinski definition) is 0. The Morgan fingerprint density at radius 2 is 1.62 bits per heavy atom. The minimum atomic E-state index is -4.80. The maximum absolute atomic E-state index is 12.2. The summed E-state index contributed by atoms with van der Waals surface area (Å²) in [6.07, 6.45) is -4.05. The van der Waals surface area contributed by atoms with Crippen LogP contribution in [0.3, 0.4) is 0 Å². The van der Waals surface area contributed by atoms with Crippen molar-refractivity contribution in [2.45, 2.75) is 33.4 Å². The summed E-state index contributed by atoms with van der Waals surface area (Å²) in [6, 6.07) is 2.61. The van der Waals surface area contributed by atoms with E-state index in [1.54, 1.807) is 13.8 Å². The van der Waals surface area contributed by atoms with Crippen molar-refractivity contribution in [3.63, 3.8) is 0 Å². The molecular formula is C12H13F3O. The van der Waals surface area contributed by atoms with Crippen LogP contribution in [0.2, 0.25) is 0 Å². The second-order valence-electron chi connectivity index (χ2n) is 3.77. The molecule has 0 fully saturated rings. The van der Waals surface area contributed by atoms with Crippen molar-refractivity contribution < 1.29 is 18.0 Å². The Morgan fingerprint density at radius 1 is 1.19 bits per heavy atom. The quantitative estimate of drug-likeness (QED) is 0.709. The van der Waals surface area contributed by atoms with Gasteiger partial charge < -0.3 is 0 Å². The SMILES string of the molecule is CCc1c(C)cc(C(=O)C(F)(F)F)cc1C. The fourth-order valence-corrected chi connectivity index (χ4v) is 1.85. The molecule has 0 N–H and O–H groups in total. The maximum Gasteiger partial charge on any atom is 0.454 e. The van der Waals surface area contributed by atoms with Gasteiger partial charge in [0.05, 0.1) is 0 Å². The minimum Gasteiger partial charge on any atom is -0.284 e. The third-order valence-electron chi connectivity index (χ3n) is 2.57. The highest BCUT2D eigenvalue weighted by Crippen LogP contribution is 2.24. The van der Waals surface area contributed by atoms with Crippen LogP contribution in [0.4, 0.5) is 13.2 Å². The first kappa shape index (κ1) is 12.7. The van der Waals surface area contributed by atoms with Crippen molar-refractivity contribution in [1.82, 2.24) is 0 Å². The number of hydrogen-bond acceptors (Lipinski definition) is 1. The third-order valence-corrected chi connectivity index (χ3v) is 2.57. The average molecular weight is 230 g/mol. The molecule has 0 saturated carbocycles. The van der Waals surface area contributed by atoms with Gasteiger partial charge in [-0.15, -0.1) is 0 Å². The average Bonchev–Trinajstić information content (AvgIpc) is 2.14. The summed E-state index contributed by atoms with van der Waals surface area (Å²) in [5.41, 5.74) is 2.18. The summed E-state index contributed by atoms with van der Waals surface area (Å²) in [5.74, 6) is -1.78. The molecule has 0 spiro atoms. The summed E-state index contributed by atoms with van der Waals surface area (Å²) in [6.45, 7) is 5.37. The zero-order valence-electron chi connectivity index (χ0n) is 9.40. The second-order valence-corrected chi connectivity index (χ2v) is 3.77. The maximum atomic E-state index is 12.2. The van der Waals surface area contributed by atoms with Gasteiger partial charge in [0.2, 0.25) is 0 Å². The lowest BCUT2D eigenvalue weighted by atomic mass is 9.96. The predicted molar refractivity (Wildman–Crippen MR) is 55.7 cm³/mol. The topological polar surface area (TPSA) is 17.1 Å². The van der Waals surface area contributed by atoms with E-state index in [4.69, 9.17) is 0 Å². The van der Waals surface area contributed by atoms with E-state index in [9.17, 15) is 18.0 Å². The number of aryl methyl sites for hydroxylation is 2. The van der Waals surface area contributed by atoms with E-state index in [0.717, 1.165) is 23.1 Å². The highest BCUT2D eigenvalue weighted by Gasteiger charge is 2.39. The molecule has 0 radical (unpaired) electrons. The van der Waals surface area contributed by atoms with Crippen LogP contribution in [0.15, 0.2) is 12.1 Å². The van der Waals surface area contributed by atoms with Gasteiger partial charge in [0.15, 0.2) is 0 Å². The lowest BCUT2D eigenvalue weighted by molar-refractivity contribution is -0.0885. The van der Waals surface area contributed by atoms with E-state index < -0.39 is 12.0 Å². The highest BCUT2D eigenvalue weighted by molar-refractivity contribution is 6.00. The first-order valence-corrected chi connectivity index (χ1v) is 4.99. The summed E-state index contributed by atoms with van der Waals surface area (Å²) in [4.78, 5) is 11.0. The minimum absolute atomic E-state index is 0.278. The molecule has 0 unspecified atom stereocenters. The van der Waals surface area contributed by atoms with Gasteiger partial charge in [-0.3, -0.25) is 4.79 Å². The molecule has 0 aliphatic carbocycles. The van der Waals surface area contributed by atoms with Gasteiger partial charge in [-0.1, -0.05) is 6.92 Å². The Kier molecular flexibility index (Phi) is 3.41. The van der Waals surface area contributed by atoms with Gasteiger partial charge in [0.1, 0.15) is 0 Å². The van der Waals surface area contributed by atoms with Crippen LogP contribution in [0, 0.1) is 13.8 Å². The van der Waals surface area contributed by atoms with Gasteiger partial charge in [0.25, 0.3) is 5.78 Å². The highest BCUT2D eigenvalue weighted by atomic mass is 19.4. The number of halogens is 3. The second kappa shape index (κ2) is 4.28. The Bertz CT molecular complexity index is 396. The lowest BCUT2D eigenvalue weighted by Crippen LogP contribution is -2.23. The number of ketones is 1. The Hall–Kier alpha value is -1.32. The molecule has 1 aromatic rings. The van der Waals surface area contributed by atoms with Crippen molar-refractivity contribution in [3.05, 3.63) is 34.4 Å². The molecule has 0 heterocycles. The summed E-state index contributed by atoms with van der Waals surface area (Å²) >= 11 is 0. The van der Waals surface area contributed by atoms with Gasteiger partial charge in [-0.2, -0.15) is 13.2 Å². The molecule has 1 nitrogen and oxygen atoms in total. The molecule has 0 aromatic heterocycles. The molecule has 1 aromatic carbocycles. The first-order valence-electron chi connectivity index (χ1n) is 4.99. The smallest absolute Gasteiger partial charge is 0.284 e. The number of carbonyl (C=O) groups is 1. The molecule has 4 heteroatoms. The lowest BCUT2D eigenvalue weighted by Gasteiger charge is -2.11. The Balaban J connectivity index is 3.24. The number of benzene rings is 1. The zero-order chi connectivity index (χ0) is 12.5. The van der Waals surface area contributed by atoms with E-state index in [2.05, 4.69) is 0 Å². The monoisotopic (exact) mass is 230 g/mol. The summed E-state index contributed by atoms with van der Waals surface area (Å²) in [5, 5.41) is 0. The van der Waals surface area contributed by atoms with Crippen LogP contribution in [0.25, 0.3) is 0 Å². The van der Waals surface area contributed by atoms with Gasteiger partial charge in [0, 0.05) is 5.56 Å². The van der Waals surface area contributed by atoms with Gasteiger partial charge in [-0.05, 0) is 49.1 Å². The largest absolute Gasteiger partial charge is 0.454 e. The van der Waals surface area contributed by atoms with Gasteiger partial charge >= 0.3 is 6.18 Å². The molecule has 0 saturated heterocycles. The third kappa shape index (κ3) is 2.43. The van der Waals surface area contributed by atoms with Crippen LogP contribution in [-0.2, 0) is 6.42 Å². The molecule has 16 heavy (non-hydrogen) atoms. The van der Waals surface area contributed by atoms with E-state index in [1.165, 1.54) is 12.1 Å². The van der Waals surface area contributed by atoms with Crippen molar-refractivity contribution in [1.29, 1.82) is 0 Å². The van der Waals surface area contributed by atoms with E-state index >= 15 is 0 Å². The van der Waals surface area contributed by atoms with Crippen LogP contribution in [0.1, 0.15) is 34.0 Å². The van der Waals surface area contributed by atoms with Crippen molar-refractivity contribution in [2.24, 2.45) is 0 Å². The van der Waals surface area contributed by atoms with E-state index in [-0.39, 0.29) is 5.56 Å². The predicted octanol–water partition coefficient (Wildman–Crippen LogP) is 3.61. The zero-order valence-corrected chi connectivity index (χ0v) is 9.40. The molecule has 0 aliphatic heterocycles. The van der Waals surface area contributed by atoms with Crippen molar-refractivity contribution in [2.75, 3.05) is 0 Å². The Labute approximate surface area is 92.3 Å². The Morgan fingerprint density at radius 3 is 1.94 bits per heavy atom. The fraction of sp³-hybridized carbons (Fsp3) is 0.417. The van der Waals surface area contributed by atoms with Crippen molar-refractivity contribution >= 4 is 5.78 Å². The first-order chi connectivity index (χ1) is 7.27. The van der Waals surface area contributed by atoms with Gasteiger partial charge in [-0.25, -0.2) is 0 Å². The van der Waals surface area contributed by atoms with Crippen LogP contribution in [-0.4, -0.2) is 12.0 Å². The van der Waals surface area contributed by atoms with Crippen LogP contribution in [0.5, 0.6) is 0 Å². The molecule has 1 rings (SSSR count). The molecule has 0 bridgehead atoms. The van der Waals surface area contributed by atoms with Crippen molar-refractivity contribution in [3.8, 4) is 0 Å². The van der Waals surface area contributed by atoms with E-state index in [0.29, 0.717) is 0 Å². The van der Waals surface area contributed by atoms with Crippen LogP contribution < -0.4 is 0 Å². The molecule has 0 aliphatic rings. The standard InChI is InChI=1S/C12H13F3O/c1-4-10-7(2)5-9(6-8(10)3)11(16)12(13,14)15/h5-6H,4H2,1-3H3. The number of alkyl halides is 3. The molecular weight excluding hydrogens is 217 g/mol. The normalized spacial score (nSPS) is 11.6. The number of carbonyl (C=O) groups excluding carboxylic acids is 1.